The Kier molecular flexibility index (Phi) is 4.46. The van der Waals surface area contributed by atoms with Crippen LogP contribution in [0.25, 0.3) is 0 Å². The maximum absolute atomic E-state index is 11.3. The van der Waals surface area contributed by atoms with Gasteiger partial charge in [-0.05, 0) is 0 Å². The van der Waals surface area contributed by atoms with Crippen LogP contribution >= 0.6 is 7.82 Å². The van der Waals surface area contributed by atoms with Gasteiger partial charge >= 0.3 is 7.82 Å². The van der Waals surface area contributed by atoms with E-state index in [1.165, 1.54) is 19.2 Å². The smallest absolute Gasteiger partial charge is 0.379 e. The van der Waals surface area contributed by atoms with Crippen LogP contribution in [-0.4, -0.2) is 55.4 Å². The van der Waals surface area contributed by atoms with E-state index in [4.69, 9.17) is 9.36 Å². The molecule has 0 bridgehead atoms. The zero-order chi connectivity index (χ0) is 10.6. The molecule has 1 N–H and O–H groups in total. The van der Waals surface area contributed by atoms with E-state index in [2.05, 4.69) is 4.62 Å². The van der Waals surface area contributed by atoms with Crippen LogP contribution in [0.3, 0.4) is 0 Å². The summed E-state index contributed by atoms with van der Waals surface area (Å²) < 4.78 is 25.7. The number of hydrogen-bond donors (Lipinski definition) is 1. The van der Waals surface area contributed by atoms with Crippen molar-refractivity contribution in [3.8, 4) is 0 Å². The summed E-state index contributed by atoms with van der Waals surface area (Å²) in [5.74, 6) is 0. The Bertz CT molecular complexity index is 218. The van der Waals surface area contributed by atoms with Crippen molar-refractivity contribution < 1.29 is 23.4 Å². The molecule has 7 nitrogen and oxygen atoms in total. The van der Waals surface area contributed by atoms with Crippen LogP contribution in [0.5, 0.6) is 0 Å². The normalized spacial score (nSPS) is 23.7. The molecule has 0 amide bonds. The highest BCUT2D eigenvalue weighted by Gasteiger charge is 2.28. The molecule has 1 aliphatic rings. The maximum atomic E-state index is 11.3. The first-order valence-corrected chi connectivity index (χ1v) is 5.71. The van der Waals surface area contributed by atoms with E-state index in [0.717, 1.165) is 5.06 Å². The summed E-state index contributed by atoms with van der Waals surface area (Å²) in [5, 5.41) is 2.50. The lowest BCUT2D eigenvalue weighted by atomic mass is 10.5. The van der Waals surface area contributed by atoms with Crippen molar-refractivity contribution in [2.45, 2.75) is 0 Å². The number of ether oxygens (including phenoxy) is 1. The molecule has 1 atom stereocenters. The van der Waals surface area contributed by atoms with Crippen LogP contribution in [0.2, 0.25) is 0 Å². The highest BCUT2D eigenvalue weighted by molar-refractivity contribution is 7.47. The standard InChI is InChI=1S/C6H15N2O5P/c1-7(2)12-14(9,10)13-8-3-5-11-6-4-8/h3-6H2,1-2H3,(H,9,10). The number of rotatable bonds is 4. The molecule has 1 saturated heterocycles. The number of morpholine rings is 1. The summed E-state index contributed by atoms with van der Waals surface area (Å²) in [6.45, 7) is 1.90. The van der Waals surface area contributed by atoms with Gasteiger partial charge in [0.15, 0.2) is 0 Å². The van der Waals surface area contributed by atoms with Gasteiger partial charge in [0.25, 0.3) is 0 Å². The molecule has 1 heterocycles. The van der Waals surface area contributed by atoms with Gasteiger partial charge in [-0.1, -0.05) is 0 Å². The third kappa shape index (κ3) is 4.47. The van der Waals surface area contributed by atoms with Crippen molar-refractivity contribution in [2.24, 2.45) is 0 Å². The fraction of sp³-hybridized carbons (Fsp3) is 1.00. The Labute approximate surface area is 82.7 Å². The monoisotopic (exact) mass is 226 g/mol. The number of nitrogens with zero attached hydrogens (tertiary/aromatic N) is 2. The zero-order valence-electron chi connectivity index (χ0n) is 8.25. The summed E-state index contributed by atoms with van der Waals surface area (Å²) in [6.07, 6.45) is 0. The third-order valence-corrected chi connectivity index (χ3v) is 2.43. The van der Waals surface area contributed by atoms with Gasteiger partial charge in [0, 0.05) is 27.2 Å². The van der Waals surface area contributed by atoms with Gasteiger partial charge in [-0.2, -0.15) is 19.4 Å². The minimum Gasteiger partial charge on any atom is -0.379 e. The van der Waals surface area contributed by atoms with E-state index in [0.29, 0.717) is 26.3 Å². The summed E-state index contributed by atoms with van der Waals surface area (Å²) in [7, 11) is -1.01. The van der Waals surface area contributed by atoms with Crippen LogP contribution in [0.4, 0.5) is 0 Å². The van der Waals surface area contributed by atoms with Gasteiger partial charge in [0.2, 0.25) is 0 Å². The lowest BCUT2D eigenvalue weighted by molar-refractivity contribution is -0.155. The van der Waals surface area contributed by atoms with Gasteiger partial charge in [-0.25, -0.2) is 4.57 Å². The Morgan fingerprint density at radius 2 is 2.00 bits per heavy atom. The average Bonchev–Trinajstić information content (AvgIpc) is 2.02. The van der Waals surface area contributed by atoms with Crippen LogP contribution in [0, 0.1) is 0 Å². The molecule has 0 aromatic heterocycles. The lowest BCUT2D eigenvalue weighted by Crippen LogP contribution is -2.36. The first-order valence-electron chi connectivity index (χ1n) is 4.22. The van der Waals surface area contributed by atoms with Crippen molar-refractivity contribution in [3.63, 3.8) is 0 Å². The van der Waals surface area contributed by atoms with E-state index in [-0.39, 0.29) is 0 Å². The number of phosphoric acid groups is 1. The lowest BCUT2D eigenvalue weighted by Gasteiger charge is -2.27. The molecular weight excluding hydrogens is 211 g/mol. The highest BCUT2D eigenvalue weighted by atomic mass is 31.2. The molecule has 14 heavy (non-hydrogen) atoms. The Morgan fingerprint density at radius 1 is 1.43 bits per heavy atom. The van der Waals surface area contributed by atoms with Crippen LogP contribution < -0.4 is 0 Å². The minimum atomic E-state index is -4.02. The van der Waals surface area contributed by atoms with E-state index >= 15 is 0 Å². The second kappa shape index (κ2) is 5.18. The van der Waals surface area contributed by atoms with Crippen molar-refractivity contribution in [2.75, 3.05) is 40.4 Å². The van der Waals surface area contributed by atoms with Crippen molar-refractivity contribution in [3.05, 3.63) is 0 Å². The molecule has 0 saturated carbocycles. The van der Waals surface area contributed by atoms with Crippen LogP contribution in [0.15, 0.2) is 0 Å². The molecule has 0 aromatic rings. The zero-order valence-corrected chi connectivity index (χ0v) is 9.14. The van der Waals surface area contributed by atoms with Gasteiger partial charge in [-0.3, -0.25) is 0 Å². The van der Waals surface area contributed by atoms with Gasteiger partial charge in [0.05, 0.1) is 13.2 Å². The molecule has 1 unspecified atom stereocenters. The van der Waals surface area contributed by atoms with E-state index in [1.807, 2.05) is 0 Å². The van der Waals surface area contributed by atoms with Gasteiger partial charge in [0.1, 0.15) is 0 Å². The Balaban J connectivity index is 2.36. The number of hydrogen-bond acceptors (Lipinski definition) is 6. The molecular formula is C6H15N2O5P. The molecule has 1 fully saturated rings. The molecule has 0 radical (unpaired) electrons. The molecule has 8 heteroatoms. The Hall–Kier alpha value is -0.0100. The molecule has 1 rings (SSSR count). The minimum absolute atomic E-state index is 0.460. The fourth-order valence-electron chi connectivity index (χ4n) is 0.995. The van der Waals surface area contributed by atoms with Crippen LogP contribution in [-0.2, 0) is 18.6 Å². The predicted octanol–water partition coefficient (Wildman–Crippen LogP) is -0.156. The second-order valence-corrected chi connectivity index (χ2v) is 4.25. The summed E-state index contributed by atoms with van der Waals surface area (Å²) in [6, 6.07) is 0. The van der Waals surface area contributed by atoms with E-state index in [9.17, 15) is 9.46 Å². The predicted molar refractivity (Wildman–Crippen MR) is 48.1 cm³/mol. The third-order valence-electron chi connectivity index (χ3n) is 1.46. The number of hydroxylamine groups is 4. The Morgan fingerprint density at radius 3 is 2.50 bits per heavy atom. The van der Waals surface area contributed by atoms with E-state index in [1.54, 1.807) is 0 Å². The first-order chi connectivity index (χ1) is 6.49. The second-order valence-electron chi connectivity index (χ2n) is 2.99. The summed E-state index contributed by atoms with van der Waals surface area (Å²) >= 11 is 0. The van der Waals surface area contributed by atoms with Crippen molar-refractivity contribution in [1.82, 2.24) is 10.1 Å². The molecule has 0 spiro atoms. The summed E-state index contributed by atoms with van der Waals surface area (Å²) in [4.78, 5) is 9.22. The first kappa shape index (κ1) is 12.1. The van der Waals surface area contributed by atoms with Crippen LogP contribution in [0.1, 0.15) is 0 Å². The van der Waals surface area contributed by atoms with Crippen molar-refractivity contribution >= 4 is 7.82 Å². The molecule has 0 aromatic carbocycles. The quantitative estimate of drug-likeness (QED) is 0.527. The topological polar surface area (TPSA) is 71.5 Å². The SMILES string of the molecule is CN(C)OP(=O)(O)ON1CCOCC1. The molecule has 1 aliphatic heterocycles. The van der Waals surface area contributed by atoms with Gasteiger partial charge in [-0.15, -0.1) is 0 Å². The summed E-state index contributed by atoms with van der Waals surface area (Å²) in [5.41, 5.74) is 0. The largest absolute Gasteiger partial charge is 0.505 e. The maximum Gasteiger partial charge on any atom is 0.505 e. The molecule has 0 aliphatic carbocycles. The molecule has 84 valence electrons. The van der Waals surface area contributed by atoms with E-state index < -0.39 is 7.82 Å². The van der Waals surface area contributed by atoms with Crippen molar-refractivity contribution in [1.29, 1.82) is 0 Å². The fourth-order valence-corrected chi connectivity index (χ4v) is 1.89. The average molecular weight is 226 g/mol. The highest BCUT2D eigenvalue weighted by Crippen LogP contribution is 2.44. The van der Waals surface area contributed by atoms with Gasteiger partial charge < -0.3 is 9.63 Å².